The summed E-state index contributed by atoms with van der Waals surface area (Å²) in [5.74, 6) is 0.917. The van der Waals surface area contributed by atoms with Gasteiger partial charge in [-0.3, -0.25) is 0 Å². The van der Waals surface area contributed by atoms with Crippen LogP contribution in [0.3, 0.4) is 0 Å². The van der Waals surface area contributed by atoms with Gasteiger partial charge in [0.05, 0.1) is 6.61 Å². The lowest BCUT2D eigenvalue weighted by Gasteiger charge is -2.26. The molecule has 1 atom stereocenters. The molecular formula is C13H21N3O3S. The summed E-state index contributed by atoms with van der Waals surface area (Å²) >= 11 is 0. The first kappa shape index (κ1) is 15.2. The van der Waals surface area contributed by atoms with Gasteiger partial charge in [-0.15, -0.1) is 0 Å². The van der Waals surface area contributed by atoms with Crippen molar-refractivity contribution in [2.24, 2.45) is 5.92 Å². The van der Waals surface area contributed by atoms with Crippen LogP contribution in [-0.4, -0.2) is 51.6 Å². The fourth-order valence-corrected chi connectivity index (χ4v) is 3.47. The maximum absolute atomic E-state index is 12.4. The first-order valence-corrected chi connectivity index (χ1v) is 8.16. The van der Waals surface area contributed by atoms with Crippen LogP contribution in [0.15, 0.2) is 23.2 Å². The normalized spacial score (nSPS) is 20.1. The molecule has 0 radical (unpaired) electrons. The minimum absolute atomic E-state index is 0.218. The van der Waals surface area contributed by atoms with Crippen molar-refractivity contribution in [3.63, 3.8) is 0 Å². The summed E-state index contributed by atoms with van der Waals surface area (Å²) in [6.45, 7) is 1.90. The van der Waals surface area contributed by atoms with E-state index < -0.39 is 10.0 Å². The number of rotatable bonds is 5. The molecule has 1 aliphatic heterocycles. The van der Waals surface area contributed by atoms with E-state index in [1.165, 1.54) is 10.5 Å². The van der Waals surface area contributed by atoms with E-state index in [2.05, 4.69) is 10.3 Å². The second-order valence-electron chi connectivity index (χ2n) is 5.00. The SMILES string of the molecule is CNc1ccc(S(=O)(=O)N(C)CC2CCCOC2)cn1. The van der Waals surface area contributed by atoms with Gasteiger partial charge in [0.1, 0.15) is 10.7 Å². The summed E-state index contributed by atoms with van der Waals surface area (Å²) < 4.78 is 31.6. The fourth-order valence-electron chi connectivity index (χ4n) is 2.27. The van der Waals surface area contributed by atoms with Gasteiger partial charge in [0.15, 0.2) is 0 Å². The van der Waals surface area contributed by atoms with E-state index in [4.69, 9.17) is 4.74 Å². The molecule has 1 aliphatic rings. The zero-order chi connectivity index (χ0) is 14.6. The van der Waals surface area contributed by atoms with E-state index in [0.29, 0.717) is 19.0 Å². The van der Waals surface area contributed by atoms with Crippen LogP contribution in [0.4, 0.5) is 5.82 Å². The number of pyridine rings is 1. The maximum atomic E-state index is 12.4. The number of sulfonamides is 1. The molecule has 2 rings (SSSR count). The van der Waals surface area contributed by atoms with Gasteiger partial charge in [-0.2, -0.15) is 0 Å². The van der Waals surface area contributed by atoms with E-state index >= 15 is 0 Å². The number of nitrogens with one attached hydrogen (secondary N) is 1. The van der Waals surface area contributed by atoms with Crippen molar-refractivity contribution in [3.8, 4) is 0 Å². The van der Waals surface area contributed by atoms with Gasteiger partial charge < -0.3 is 10.1 Å². The second kappa shape index (κ2) is 6.51. The molecule has 0 bridgehead atoms. The lowest BCUT2D eigenvalue weighted by atomic mass is 10.0. The summed E-state index contributed by atoms with van der Waals surface area (Å²) in [6.07, 6.45) is 3.39. The number of nitrogens with zero attached hydrogens (tertiary/aromatic N) is 2. The van der Waals surface area contributed by atoms with Gasteiger partial charge in [0.25, 0.3) is 0 Å². The Balaban J connectivity index is 2.07. The van der Waals surface area contributed by atoms with Gasteiger partial charge >= 0.3 is 0 Å². The topological polar surface area (TPSA) is 71.5 Å². The molecule has 112 valence electrons. The number of anilines is 1. The van der Waals surface area contributed by atoms with Crippen LogP contribution in [0.2, 0.25) is 0 Å². The molecular weight excluding hydrogens is 278 g/mol. The predicted octanol–water partition coefficient (Wildman–Crippen LogP) is 1.17. The molecule has 0 spiro atoms. The minimum Gasteiger partial charge on any atom is -0.381 e. The highest BCUT2D eigenvalue weighted by molar-refractivity contribution is 7.89. The highest BCUT2D eigenvalue weighted by atomic mass is 32.2. The summed E-state index contributed by atoms with van der Waals surface area (Å²) in [5, 5.41) is 2.86. The molecule has 1 aromatic rings. The Morgan fingerprint density at radius 1 is 1.50 bits per heavy atom. The molecule has 0 aromatic carbocycles. The lowest BCUT2D eigenvalue weighted by Crippen LogP contribution is -2.35. The van der Waals surface area contributed by atoms with Crippen molar-refractivity contribution >= 4 is 15.8 Å². The molecule has 1 unspecified atom stereocenters. The highest BCUT2D eigenvalue weighted by Crippen LogP contribution is 2.19. The van der Waals surface area contributed by atoms with Crippen molar-refractivity contribution in [2.75, 3.05) is 39.2 Å². The first-order valence-electron chi connectivity index (χ1n) is 6.72. The third-order valence-corrected chi connectivity index (χ3v) is 5.28. The smallest absolute Gasteiger partial charge is 0.244 e. The van der Waals surface area contributed by atoms with Gasteiger partial charge in [-0.05, 0) is 30.9 Å². The predicted molar refractivity (Wildman–Crippen MR) is 77.1 cm³/mol. The van der Waals surface area contributed by atoms with E-state index in [1.807, 2.05) is 0 Å². The molecule has 0 amide bonds. The summed E-state index contributed by atoms with van der Waals surface area (Å²) in [4.78, 5) is 4.27. The third-order valence-electron chi connectivity index (χ3n) is 3.47. The van der Waals surface area contributed by atoms with Crippen LogP contribution in [0.25, 0.3) is 0 Å². The first-order chi connectivity index (χ1) is 9.54. The zero-order valence-electron chi connectivity index (χ0n) is 11.9. The average Bonchev–Trinajstić information content (AvgIpc) is 2.48. The van der Waals surface area contributed by atoms with E-state index in [-0.39, 0.29) is 10.8 Å². The van der Waals surface area contributed by atoms with E-state index in [1.54, 1.807) is 26.2 Å². The molecule has 1 aromatic heterocycles. The molecule has 7 heteroatoms. The van der Waals surface area contributed by atoms with Crippen molar-refractivity contribution in [1.29, 1.82) is 0 Å². The maximum Gasteiger partial charge on any atom is 0.244 e. The molecule has 0 saturated carbocycles. The molecule has 1 N–H and O–H groups in total. The van der Waals surface area contributed by atoms with Crippen LogP contribution in [0.5, 0.6) is 0 Å². The third kappa shape index (κ3) is 3.47. The summed E-state index contributed by atoms with van der Waals surface area (Å²) in [6, 6.07) is 3.23. The molecule has 20 heavy (non-hydrogen) atoms. The van der Waals surface area contributed by atoms with Gasteiger partial charge in [0, 0.05) is 33.4 Å². The standard InChI is InChI=1S/C13H21N3O3S/c1-14-13-6-5-12(8-15-13)20(17,18)16(2)9-11-4-3-7-19-10-11/h5-6,8,11H,3-4,7,9-10H2,1-2H3,(H,14,15). The quantitative estimate of drug-likeness (QED) is 0.883. The van der Waals surface area contributed by atoms with Gasteiger partial charge in [-0.1, -0.05) is 0 Å². The number of aromatic nitrogens is 1. The minimum atomic E-state index is -3.48. The Labute approximate surface area is 120 Å². The van der Waals surface area contributed by atoms with Crippen molar-refractivity contribution in [2.45, 2.75) is 17.7 Å². The molecule has 2 heterocycles. The van der Waals surface area contributed by atoms with Crippen LogP contribution >= 0.6 is 0 Å². The molecule has 1 fully saturated rings. The Kier molecular flexibility index (Phi) is 4.95. The number of hydrogen-bond donors (Lipinski definition) is 1. The molecule has 6 nitrogen and oxygen atoms in total. The zero-order valence-corrected chi connectivity index (χ0v) is 12.7. The second-order valence-corrected chi connectivity index (χ2v) is 7.04. The van der Waals surface area contributed by atoms with E-state index in [0.717, 1.165) is 19.4 Å². The monoisotopic (exact) mass is 299 g/mol. The van der Waals surface area contributed by atoms with Crippen molar-refractivity contribution in [1.82, 2.24) is 9.29 Å². The Morgan fingerprint density at radius 3 is 2.85 bits per heavy atom. The lowest BCUT2D eigenvalue weighted by molar-refractivity contribution is 0.0495. The van der Waals surface area contributed by atoms with Crippen LogP contribution in [0.1, 0.15) is 12.8 Å². The largest absolute Gasteiger partial charge is 0.381 e. The number of hydrogen-bond acceptors (Lipinski definition) is 5. The summed E-state index contributed by atoms with van der Waals surface area (Å²) in [7, 11) is -0.127. The van der Waals surface area contributed by atoms with Crippen molar-refractivity contribution < 1.29 is 13.2 Å². The Hall–Kier alpha value is -1.18. The molecule has 1 saturated heterocycles. The average molecular weight is 299 g/mol. The van der Waals surface area contributed by atoms with Crippen LogP contribution in [-0.2, 0) is 14.8 Å². The fraction of sp³-hybridized carbons (Fsp3) is 0.615. The van der Waals surface area contributed by atoms with Crippen LogP contribution < -0.4 is 5.32 Å². The molecule has 0 aliphatic carbocycles. The van der Waals surface area contributed by atoms with Gasteiger partial charge in [-0.25, -0.2) is 17.7 Å². The number of ether oxygens (including phenoxy) is 1. The van der Waals surface area contributed by atoms with E-state index in [9.17, 15) is 8.42 Å². The summed E-state index contributed by atoms with van der Waals surface area (Å²) in [5.41, 5.74) is 0. The highest BCUT2D eigenvalue weighted by Gasteiger charge is 2.25. The van der Waals surface area contributed by atoms with Gasteiger partial charge in [0.2, 0.25) is 10.0 Å². The Bertz CT molecular complexity index is 524. The Morgan fingerprint density at radius 2 is 2.30 bits per heavy atom. The van der Waals surface area contributed by atoms with Crippen LogP contribution in [0, 0.1) is 5.92 Å². The van der Waals surface area contributed by atoms with Crippen molar-refractivity contribution in [3.05, 3.63) is 18.3 Å².